The molecule has 3 amide bonds. The molecular weight excluding hydrogens is 1090 g/mol. The van der Waals surface area contributed by atoms with E-state index in [-0.39, 0.29) is 139 Å². The minimum Gasteiger partial charge on any atom is -0.494 e. The highest BCUT2D eigenvalue weighted by Gasteiger charge is 2.30. The molecule has 2 aromatic rings. The summed E-state index contributed by atoms with van der Waals surface area (Å²) in [6.07, 6.45) is 2.53. The molecule has 448 valence electrons. The maximum atomic E-state index is 13.5. The quantitative estimate of drug-likeness (QED) is 0.0202. The van der Waals surface area contributed by atoms with Gasteiger partial charge in [0.25, 0.3) is 10.1 Å². The Morgan fingerprint density at radius 1 is 0.713 bits per heavy atom. The fourth-order valence-corrected chi connectivity index (χ4v) is 11.3. The molecular formula is C49H77N11O18S2. The molecule has 3 heterocycles. The van der Waals surface area contributed by atoms with Crippen LogP contribution in [0.3, 0.4) is 0 Å². The monoisotopic (exact) mass is 1170 g/mol. The van der Waals surface area contributed by atoms with Crippen molar-refractivity contribution in [1.82, 2.24) is 50.6 Å². The molecule has 3 atom stereocenters. The van der Waals surface area contributed by atoms with E-state index in [1.165, 1.54) is 31.5 Å². The second-order valence-electron chi connectivity index (χ2n) is 19.6. The smallest absolute Gasteiger partial charge is 0.323 e. The Morgan fingerprint density at radius 2 is 1.25 bits per heavy atom. The molecule has 0 bridgehead atoms. The van der Waals surface area contributed by atoms with Crippen molar-refractivity contribution in [3.05, 3.63) is 46.6 Å². The molecule has 0 saturated carbocycles. The number of β-amino-alcohol motifs (C(OH)–C–C–N with tert-alkyl or cyclic N) is 1. The molecule has 1 saturated heterocycles. The normalized spacial score (nSPS) is 16.6. The second-order valence-corrected chi connectivity index (χ2v) is 22.8. The SMILES string of the molecule is Cc1cc(OCCCC(=O)NCCNC(=O)[C@H](CS(=O)(=O)O)NC(O)CN2CCN(CC(=O)O)CCN(CC(=O)O)CCN(CC(=O)O)CC2)cc(C)c1S(=O)(=O)NC(CNC(=O)CCCCc1ccc2c(n1)NCCC2)C(=O)O. The standard InChI is InChI=1S/C49H77N11O18S2/c1-33-25-37(26-34(2)46(33)80(76,77)56-38(49(71)72)27-53-41(62)9-4-3-8-36-12-11-35-7-5-13-51-47(35)54-36)78-24-6-10-40(61)50-14-15-52-48(70)39(32-79(73,74)75)55-42(63)28-57-16-18-58(29-43(64)65)20-22-60(31-45(68)69)23-21-59(19-17-57)30-44(66)67/h11-12,25-26,38-39,42,55-56,63H,3-10,13-24,27-32H2,1-2H3,(H,50,61)(H,51,54)(H,52,70)(H,53,62)(H,64,65)(H,66,67)(H,68,69)(H,71,72)(H,73,74,75)/t38?,39-,42?/m0/s1. The van der Waals surface area contributed by atoms with Crippen LogP contribution < -0.4 is 36.0 Å². The van der Waals surface area contributed by atoms with E-state index >= 15 is 0 Å². The van der Waals surface area contributed by atoms with Crippen LogP contribution in [0.1, 0.15) is 60.9 Å². The molecule has 1 aromatic heterocycles. The number of nitrogens with zero attached hydrogens (tertiary/aromatic N) is 5. The summed E-state index contributed by atoms with van der Waals surface area (Å²) in [6, 6.07) is 3.55. The number of anilines is 1. The predicted octanol–water partition coefficient (Wildman–Crippen LogP) is -2.65. The largest absolute Gasteiger partial charge is 0.494 e. The van der Waals surface area contributed by atoms with E-state index in [0.717, 1.165) is 30.9 Å². The summed E-state index contributed by atoms with van der Waals surface area (Å²) in [5.74, 6) is -6.70. The van der Waals surface area contributed by atoms with Gasteiger partial charge in [-0.1, -0.05) is 6.07 Å². The Balaban J connectivity index is 1.20. The fraction of sp³-hybridized carbons (Fsp3) is 0.633. The van der Waals surface area contributed by atoms with Crippen molar-refractivity contribution in [2.45, 2.75) is 88.4 Å². The maximum Gasteiger partial charge on any atom is 0.323 e. The molecule has 12 N–H and O–H groups in total. The van der Waals surface area contributed by atoms with Gasteiger partial charge in [0.2, 0.25) is 27.7 Å². The molecule has 2 aliphatic heterocycles. The molecule has 29 nitrogen and oxygen atoms in total. The average molecular weight is 1170 g/mol. The highest BCUT2D eigenvalue weighted by molar-refractivity contribution is 7.89. The number of carboxylic acid groups (broad SMARTS) is 4. The number of pyridine rings is 1. The minimum atomic E-state index is -4.79. The van der Waals surface area contributed by atoms with E-state index in [1.807, 2.05) is 6.07 Å². The number of unbranched alkanes of at least 4 members (excludes halogenated alkanes) is 1. The number of benzene rings is 1. The van der Waals surface area contributed by atoms with Gasteiger partial charge in [-0.05, 0) is 87.3 Å². The lowest BCUT2D eigenvalue weighted by Crippen LogP contribution is -2.56. The Kier molecular flexibility index (Phi) is 27.3. The number of carbonyl (C=O) groups excluding carboxylic acids is 3. The van der Waals surface area contributed by atoms with E-state index in [0.29, 0.717) is 19.3 Å². The van der Waals surface area contributed by atoms with Crippen LogP contribution in [0.5, 0.6) is 5.75 Å². The third kappa shape index (κ3) is 25.1. The summed E-state index contributed by atoms with van der Waals surface area (Å²) in [6.45, 7) is 2.78. The number of amides is 3. The molecule has 2 unspecified atom stereocenters. The minimum absolute atomic E-state index is 0.0216. The van der Waals surface area contributed by atoms with Crippen molar-refractivity contribution in [1.29, 1.82) is 0 Å². The predicted molar refractivity (Wildman–Crippen MR) is 288 cm³/mol. The van der Waals surface area contributed by atoms with Gasteiger partial charge in [0.05, 0.1) is 36.9 Å². The first-order valence-electron chi connectivity index (χ1n) is 26.2. The van der Waals surface area contributed by atoms with E-state index in [4.69, 9.17) is 4.74 Å². The summed E-state index contributed by atoms with van der Waals surface area (Å²) in [5, 5.41) is 62.6. The number of hydrogen-bond acceptors (Lipinski definition) is 20. The number of fused-ring (bicyclic) bond motifs is 1. The molecule has 31 heteroatoms. The maximum absolute atomic E-state index is 13.5. The van der Waals surface area contributed by atoms with E-state index in [1.54, 1.807) is 19.6 Å². The summed E-state index contributed by atoms with van der Waals surface area (Å²) >= 11 is 0. The number of hydrogen-bond donors (Lipinski definition) is 12. The van der Waals surface area contributed by atoms with Crippen molar-refractivity contribution >= 4 is 67.6 Å². The van der Waals surface area contributed by atoms with Crippen molar-refractivity contribution in [2.24, 2.45) is 0 Å². The van der Waals surface area contributed by atoms with Crippen LogP contribution in [-0.2, 0) is 66.5 Å². The molecule has 1 aromatic carbocycles. The van der Waals surface area contributed by atoms with E-state index in [9.17, 15) is 80.5 Å². The number of aromatic nitrogens is 1. The summed E-state index contributed by atoms with van der Waals surface area (Å²) < 4.78 is 68.5. The van der Waals surface area contributed by atoms with Crippen molar-refractivity contribution in [3.63, 3.8) is 0 Å². The molecule has 4 rings (SSSR count). The Hall–Kier alpha value is -6.16. The van der Waals surface area contributed by atoms with Crippen molar-refractivity contribution in [2.75, 3.05) is 122 Å². The lowest BCUT2D eigenvalue weighted by molar-refractivity contribution is -0.140. The highest BCUT2D eigenvalue weighted by Crippen LogP contribution is 2.26. The number of aliphatic carboxylic acids is 4. The first-order valence-corrected chi connectivity index (χ1v) is 29.3. The molecule has 2 aliphatic rings. The summed E-state index contributed by atoms with van der Waals surface area (Å²) in [7, 11) is -9.20. The molecule has 0 spiro atoms. The van der Waals surface area contributed by atoms with Gasteiger partial charge in [-0.25, -0.2) is 13.4 Å². The number of rotatable bonds is 32. The number of ether oxygens (including phenoxy) is 1. The Morgan fingerprint density at radius 3 is 1.80 bits per heavy atom. The van der Waals surface area contributed by atoms with Crippen LogP contribution >= 0.6 is 0 Å². The first kappa shape index (κ1) is 66.4. The number of carboxylic acids is 4. The number of nitrogens with one attached hydrogen (secondary N) is 6. The summed E-state index contributed by atoms with van der Waals surface area (Å²) in [4.78, 5) is 96.1. The van der Waals surface area contributed by atoms with Crippen LogP contribution in [0.15, 0.2) is 29.2 Å². The zero-order chi connectivity index (χ0) is 59.0. The first-order chi connectivity index (χ1) is 37.8. The van der Waals surface area contributed by atoms with Gasteiger partial charge in [0.15, 0.2) is 0 Å². The van der Waals surface area contributed by atoms with Gasteiger partial charge in [-0.15, -0.1) is 0 Å². The van der Waals surface area contributed by atoms with Crippen LogP contribution in [0.4, 0.5) is 5.82 Å². The zero-order valence-corrected chi connectivity index (χ0v) is 46.7. The third-order valence-electron chi connectivity index (χ3n) is 12.9. The Bertz CT molecular complexity index is 2610. The van der Waals surface area contributed by atoms with E-state index in [2.05, 4.69) is 42.4 Å². The molecule has 0 radical (unpaired) electrons. The number of carbonyl (C=O) groups is 7. The van der Waals surface area contributed by atoms with Gasteiger partial charge in [-0.3, -0.25) is 63.0 Å². The van der Waals surface area contributed by atoms with Gasteiger partial charge in [-0.2, -0.15) is 13.1 Å². The van der Waals surface area contributed by atoms with Crippen molar-refractivity contribution < 1.29 is 85.2 Å². The van der Waals surface area contributed by atoms with Crippen LogP contribution in [0.2, 0.25) is 0 Å². The van der Waals surface area contributed by atoms with Gasteiger partial charge in [0, 0.05) is 104 Å². The lowest BCUT2D eigenvalue weighted by Gasteiger charge is -2.34. The van der Waals surface area contributed by atoms with Gasteiger partial charge >= 0.3 is 23.9 Å². The van der Waals surface area contributed by atoms with Gasteiger partial charge < -0.3 is 51.5 Å². The number of aliphatic hydroxyl groups is 1. The number of sulfonamides is 1. The Labute approximate surface area is 465 Å². The van der Waals surface area contributed by atoms with Crippen LogP contribution in [0, 0.1) is 13.8 Å². The molecule has 1 fully saturated rings. The number of aryl methyl sites for hydroxylation is 4. The molecule has 80 heavy (non-hydrogen) atoms. The second kappa shape index (κ2) is 32.9. The van der Waals surface area contributed by atoms with E-state index < -0.39 is 92.3 Å². The van der Waals surface area contributed by atoms with Crippen LogP contribution in [0.25, 0.3) is 0 Å². The fourth-order valence-electron chi connectivity index (χ4n) is 9.02. The summed E-state index contributed by atoms with van der Waals surface area (Å²) in [5.41, 5.74) is 2.56. The average Bonchev–Trinajstić information content (AvgIpc) is 3.36. The topological polar surface area (TPSA) is 416 Å². The third-order valence-corrected chi connectivity index (χ3v) is 15.5. The zero-order valence-electron chi connectivity index (χ0n) is 45.1. The lowest BCUT2D eigenvalue weighted by atomic mass is 10.1. The molecule has 0 aliphatic carbocycles. The highest BCUT2D eigenvalue weighted by atomic mass is 32.2. The van der Waals surface area contributed by atoms with Crippen molar-refractivity contribution in [3.8, 4) is 5.75 Å². The van der Waals surface area contributed by atoms with Crippen LogP contribution in [-0.4, -0.2) is 248 Å². The number of aliphatic hydroxyl groups excluding tert-OH is 1. The van der Waals surface area contributed by atoms with Gasteiger partial charge in [0.1, 0.15) is 29.9 Å².